The lowest BCUT2D eigenvalue weighted by molar-refractivity contribution is -0.307. The first kappa shape index (κ1) is 68.6. The van der Waals surface area contributed by atoms with E-state index >= 15 is 0 Å². The van der Waals surface area contributed by atoms with Gasteiger partial charge >= 0.3 is 0 Å². The molecule has 0 amide bonds. The van der Waals surface area contributed by atoms with E-state index in [0.717, 1.165) is 173 Å². The van der Waals surface area contributed by atoms with Crippen molar-refractivity contribution in [1.82, 2.24) is 0 Å². The number of aliphatic hydroxyl groups is 3. The van der Waals surface area contributed by atoms with E-state index in [2.05, 4.69) is 57.2 Å². The van der Waals surface area contributed by atoms with Crippen LogP contribution in [0.5, 0.6) is 0 Å². The first-order valence-corrected chi connectivity index (χ1v) is 26.1. The number of hydrogen-bond donors (Lipinski definition) is 3. The summed E-state index contributed by atoms with van der Waals surface area (Å²) in [5, 5.41) is 60.0. The fourth-order valence-electron chi connectivity index (χ4n) is 7.07. The standard InChI is InChI=1S/3C18H34O3.Al/c3*1-2-3-4-11-14-17(19)15-12-9-7-5-6-8-10-13-16-18(20)21;/h3*9,12,17,19H,2-8,10-11,13-16H2,1H3,(H,20,21);/p-3/t3*17-;/m111./s1. The number of allylic oxidation sites excluding steroid dienone is 3. The molecule has 3 atom stereocenters. The van der Waals surface area contributed by atoms with Crippen LogP contribution in [0.1, 0.15) is 271 Å². The van der Waals surface area contributed by atoms with Crippen molar-refractivity contribution in [3.05, 3.63) is 36.5 Å². The molecule has 375 valence electrons. The molecule has 0 aromatic rings. The van der Waals surface area contributed by atoms with Gasteiger partial charge in [-0.3, -0.25) is 0 Å². The predicted molar refractivity (Wildman–Crippen MR) is 263 cm³/mol. The van der Waals surface area contributed by atoms with E-state index in [1.54, 1.807) is 0 Å². The van der Waals surface area contributed by atoms with Gasteiger partial charge in [-0.25, -0.2) is 0 Å². The van der Waals surface area contributed by atoms with Crippen LogP contribution >= 0.6 is 0 Å². The van der Waals surface area contributed by atoms with Crippen LogP contribution in [-0.2, 0) is 14.4 Å². The number of carboxylic acids is 3. The number of aliphatic hydroxyl groups excluding tert-OH is 3. The minimum Gasteiger partial charge on any atom is -0.550 e. The first-order chi connectivity index (χ1) is 30.5. The van der Waals surface area contributed by atoms with E-state index in [1.807, 2.05) is 0 Å². The van der Waals surface area contributed by atoms with Crippen LogP contribution in [-0.4, -0.2) is 68.9 Å². The highest BCUT2D eigenvalue weighted by Crippen LogP contribution is 2.13. The predicted octanol–water partition coefficient (Wildman–Crippen LogP) is 10.9. The number of carboxylic acid groups (broad SMARTS) is 3. The van der Waals surface area contributed by atoms with Gasteiger partial charge in [-0.1, -0.05) is 192 Å². The number of rotatable bonds is 45. The highest BCUT2D eigenvalue weighted by atomic mass is 27.0. The van der Waals surface area contributed by atoms with Crippen molar-refractivity contribution in [3.63, 3.8) is 0 Å². The zero-order valence-corrected chi connectivity index (χ0v) is 42.8. The van der Waals surface area contributed by atoms with Gasteiger partial charge in [-0.15, -0.1) is 0 Å². The molecule has 0 aromatic heterocycles. The summed E-state index contributed by atoms with van der Waals surface area (Å²) in [6.07, 6.45) is 51.0. The zero-order chi connectivity index (χ0) is 47.3. The Balaban J connectivity index is -0.000000419. The van der Waals surface area contributed by atoms with Gasteiger partial charge in [0.05, 0.1) is 18.3 Å². The number of unbranched alkanes of at least 4 members (excludes halogenated alkanes) is 24. The van der Waals surface area contributed by atoms with Crippen molar-refractivity contribution in [2.24, 2.45) is 0 Å². The lowest BCUT2D eigenvalue weighted by Crippen LogP contribution is -2.21. The van der Waals surface area contributed by atoms with E-state index in [4.69, 9.17) is 0 Å². The lowest BCUT2D eigenvalue weighted by Gasteiger charge is -2.07. The molecule has 0 spiro atoms. The second-order valence-corrected chi connectivity index (χ2v) is 17.7. The number of aliphatic carboxylic acids is 3. The molecule has 0 heterocycles. The fraction of sp³-hybridized carbons (Fsp3) is 0.833. The third kappa shape index (κ3) is 69.1. The lowest BCUT2D eigenvalue weighted by atomic mass is 10.1. The maximum atomic E-state index is 10.2. The summed E-state index contributed by atoms with van der Waals surface area (Å²) >= 11 is 0. The molecule has 3 radical (unpaired) electrons. The van der Waals surface area contributed by atoms with Crippen molar-refractivity contribution in [2.45, 2.75) is 289 Å². The summed E-state index contributed by atoms with van der Waals surface area (Å²) in [6.45, 7) is 6.59. The Morgan fingerprint density at radius 2 is 0.562 bits per heavy atom. The molecule has 0 aliphatic carbocycles. The molecule has 0 aliphatic heterocycles. The molecule has 3 N–H and O–H groups in total. The average Bonchev–Trinajstić information content (AvgIpc) is 3.24. The van der Waals surface area contributed by atoms with Gasteiger partial charge in [-0.2, -0.15) is 0 Å². The summed E-state index contributed by atoms with van der Waals surface area (Å²) < 4.78 is 0. The second kappa shape index (κ2) is 59.1. The van der Waals surface area contributed by atoms with Crippen molar-refractivity contribution in [2.75, 3.05) is 0 Å². The van der Waals surface area contributed by atoms with E-state index in [9.17, 15) is 45.0 Å². The Morgan fingerprint density at radius 1 is 0.344 bits per heavy atom. The van der Waals surface area contributed by atoms with Crippen LogP contribution in [0.3, 0.4) is 0 Å². The monoisotopic (exact) mass is 919 g/mol. The molecule has 0 saturated carbocycles. The Kier molecular flexibility index (Phi) is 63.3. The molecule has 0 bridgehead atoms. The maximum Gasteiger partial charge on any atom is 0.0574 e. The molecule has 10 heteroatoms. The molecule has 0 unspecified atom stereocenters. The fourth-order valence-corrected chi connectivity index (χ4v) is 7.07. The minimum atomic E-state index is -0.939. The minimum absolute atomic E-state index is 0. The average molecular weight is 919 g/mol. The summed E-state index contributed by atoms with van der Waals surface area (Å²) in [6, 6.07) is 0. The van der Waals surface area contributed by atoms with Gasteiger partial charge in [0.25, 0.3) is 0 Å². The number of carbonyl (C=O) groups is 3. The quantitative estimate of drug-likeness (QED) is 0.0304. The highest BCUT2D eigenvalue weighted by molar-refractivity contribution is 5.75. The van der Waals surface area contributed by atoms with E-state index in [1.165, 1.54) is 57.8 Å². The molecular formula is C54H99AlO9-3. The van der Waals surface area contributed by atoms with Gasteiger partial charge < -0.3 is 45.0 Å². The zero-order valence-electron chi connectivity index (χ0n) is 41.6. The highest BCUT2D eigenvalue weighted by Gasteiger charge is 2.03. The van der Waals surface area contributed by atoms with Gasteiger partial charge in [0.1, 0.15) is 0 Å². The second-order valence-electron chi connectivity index (χ2n) is 17.7. The third-order valence-corrected chi connectivity index (χ3v) is 11.2. The van der Waals surface area contributed by atoms with Gasteiger partial charge in [-0.05, 0) is 116 Å². The SMILES string of the molecule is CCCCCC[C@@H](O)CC=CCCCCCCCC(=O)[O-].CCCCCC[C@@H](O)CC=CCCCCCCCC(=O)[O-].CCCCCC[C@@H](O)CC=CCCCCCCCC(=O)[O-].[Al]. The van der Waals surface area contributed by atoms with Gasteiger partial charge in [0.2, 0.25) is 0 Å². The topological polar surface area (TPSA) is 181 Å². The molecule has 64 heavy (non-hydrogen) atoms. The molecule has 9 nitrogen and oxygen atoms in total. The Labute approximate surface area is 404 Å². The van der Waals surface area contributed by atoms with Crippen LogP contribution < -0.4 is 15.3 Å². The largest absolute Gasteiger partial charge is 0.550 e. The number of hydrogen-bond acceptors (Lipinski definition) is 9. The van der Waals surface area contributed by atoms with E-state index < -0.39 is 17.9 Å². The smallest absolute Gasteiger partial charge is 0.0574 e. The van der Waals surface area contributed by atoms with Crippen LogP contribution in [0, 0.1) is 0 Å². The summed E-state index contributed by atoms with van der Waals surface area (Å²) in [7, 11) is 0. The van der Waals surface area contributed by atoms with Crippen LogP contribution in [0.2, 0.25) is 0 Å². The molecular weight excluding hydrogens is 820 g/mol. The third-order valence-electron chi connectivity index (χ3n) is 11.2. The van der Waals surface area contributed by atoms with Gasteiger partial charge in [0.15, 0.2) is 0 Å². The summed E-state index contributed by atoms with van der Waals surface area (Å²) in [5.74, 6) is -2.82. The van der Waals surface area contributed by atoms with Gasteiger partial charge in [0, 0.05) is 35.3 Å². The summed E-state index contributed by atoms with van der Waals surface area (Å²) in [4.78, 5) is 30.7. The van der Waals surface area contributed by atoms with Crippen LogP contribution in [0.4, 0.5) is 0 Å². The molecule has 0 aliphatic rings. The van der Waals surface area contributed by atoms with Crippen LogP contribution in [0.15, 0.2) is 36.5 Å². The molecule has 0 aromatic carbocycles. The van der Waals surface area contributed by atoms with E-state index in [-0.39, 0.29) is 54.9 Å². The molecule has 0 saturated heterocycles. The molecule has 0 rings (SSSR count). The Morgan fingerprint density at radius 3 is 0.797 bits per heavy atom. The number of carbonyl (C=O) groups excluding carboxylic acids is 3. The normalized spacial score (nSPS) is 12.7. The van der Waals surface area contributed by atoms with Crippen molar-refractivity contribution in [1.29, 1.82) is 0 Å². The Bertz CT molecular complexity index is 919. The van der Waals surface area contributed by atoms with Crippen molar-refractivity contribution >= 4 is 35.3 Å². The Hall–Kier alpha value is -1.96. The van der Waals surface area contributed by atoms with Crippen molar-refractivity contribution in [3.8, 4) is 0 Å². The van der Waals surface area contributed by atoms with Crippen molar-refractivity contribution < 1.29 is 45.0 Å². The molecule has 0 fully saturated rings. The summed E-state index contributed by atoms with van der Waals surface area (Å²) in [5.41, 5.74) is 0. The maximum absolute atomic E-state index is 10.2. The van der Waals surface area contributed by atoms with Crippen LogP contribution in [0.25, 0.3) is 0 Å². The first-order valence-electron chi connectivity index (χ1n) is 26.1. The van der Waals surface area contributed by atoms with E-state index in [0.29, 0.717) is 0 Å².